The minimum Gasteiger partial charge on any atom is -0.355 e. The highest BCUT2D eigenvalue weighted by molar-refractivity contribution is 5.85. The number of hydrogen-bond acceptors (Lipinski definition) is 3. The van der Waals surface area contributed by atoms with Crippen LogP contribution in [-0.4, -0.2) is 50.1 Å². The number of halogens is 1. The minimum absolute atomic E-state index is 0. The Hall–Kier alpha value is -1.62. The summed E-state index contributed by atoms with van der Waals surface area (Å²) >= 11 is 0. The smallest absolute Gasteiger partial charge is 0.220 e. The van der Waals surface area contributed by atoms with Crippen LogP contribution < -0.4 is 10.6 Å². The second-order valence-corrected chi connectivity index (χ2v) is 6.12. The van der Waals surface area contributed by atoms with Crippen molar-refractivity contribution in [3.63, 3.8) is 0 Å². The number of nitrogens with zero attached hydrogens (tertiary/aromatic N) is 1. The second-order valence-electron chi connectivity index (χ2n) is 6.12. The topological polar surface area (TPSA) is 44.4 Å². The number of carbonyl (C=O) groups is 1. The van der Waals surface area contributed by atoms with Gasteiger partial charge in [-0.3, -0.25) is 9.69 Å². The lowest BCUT2D eigenvalue weighted by Gasteiger charge is -2.27. The van der Waals surface area contributed by atoms with Crippen LogP contribution in [0.25, 0.3) is 10.8 Å². The molecule has 0 unspecified atom stereocenters. The molecule has 1 heterocycles. The van der Waals surface area contributed by atoms with Crippen molar-refractivity contribution in [3.8, 4) is 0 Å². The fraction of sp³-hybridized carbons (Fsp3) is 0.421. The van der Waals surface area contributed by atoms with Gasteiger partial charge in [0.15, 0.2) is 0 Å². The average molecular weight is 348 g/mol. The molecule has 0 bridgehead atoms. The molecule has 4 nitrogen and oxygen atoms in total. The molecule has 1 aliphatic heterocycles. The van der Waals surface area contributed by atoms with Gasteiger partial charge in [-0.15, -0.1) is 12.4 Å². The fourth-order valence-electron chi connectivity index (χ4n) is 3.03. The zero-order valence-corrected chi connectivity index (χ0v) is 14.8. The molecular weight excluding hydrogens is 322 g/mol. The Morgan fingerprint density at radius 1 is 1.08 bits per heavy atom. The Labute approximate surface area is 150 Å². The zero-order valence-electron chi connectivity index (χ0n) is 14.0. The van der Waals surface area contributed by atoms with Crippen molar-refractivity contribution in [1.29, 1.82) is 0 Å². The maximum atomic E-state index is 12.0. The molecule has 2 aromatic carbocycles. The molecule has 5 heteroatoms. The minimum atomic E-state index is 0. The SMILES string of the molecule is Cl.O=C(CCc1ccc2ccccc2c1)NCCN1CCNCC1. The van der Waals surface area contributed by atoms with Gasteiger partial charge in [-0.1, -0.05) is 42.5 Å². The third-order valence-electron chi connectivity index (χ3n) is 4.41. The molecule has 0 spiro atoms. The van der Waals surface area contributed by atoms with Gasteiger partial charge in [0.1, 0.15) is 0 Å². The Bertz CT molecular complexity index is 656. The summed E-state index contributed by atoms with van der Waals surface area (Å²) in [5.41, 5.74) is 1.22. The first-order valence-electron chi connectivity index (χ1n) is 8.49. The Morgan fingerprint density at radius 3 is 2.62 bits per heavy atom. The van der Waals surface area contributed by atoms with Crippen molar-refractivity contribution in [2.75, 3.05) is 39.3 Å². The van der Waals surface area contributed by atoms with Gasteiger partial charge in [-0.25, -0.2) is 0 Å². The number of aryl methyl sites for hydroxylation is 1. The molecule has 1 saturated heterocycles. The highest BCUT2D eigenvalue weighted by Crippen LogP contribution is 2.16. The molecule has 1 aliphatic rings. The summed E-state index contributed by atoms with van der Waals surface area (Å²) in [5.74, 6) is 0.147. The van der Waals surface area contributed by atoms with E-state index in [-0.39, 0.29) is 18.3 Å². The molecule has 0 atom stereocenters. The van der Waals surface area contributed by atoms with Gasteiger partial charge < -0.3 is 10.6 Å². The molecule has 1 fully saturated rings. The number of carbonyl (C=O) groups excluding carboxylic acids is 1. The van der Waals surface area contributed by atoms with E-state index in [0.29, 0.717) is 6.42 Å². The fourth-order valence-corrected chi connectivity index (χ4v) is 3.03. The molecule has 24 heavy (non-hydrogen) atoms. The van der Waals surface area contributed by atoms with Crippen molar-refractivity contribution in [2.24, 2.45) is 0 Å². The first-order chi connectivity index (χ1) is 11.3. The number of fused-ring (bicyclic) bond motifs is 1. The van der Waals surface area contributed by atoms with Crippen LogP contribution in [0.1, 0.15) is 12.0 Å². The van der Waals surface area contributed by atoms with E-state index in [9.17, 15) is 4.79 Å². The molecular formula is C19H26ClN3O. The molecule has 2 N–H and O–H groups in total. The number of amides is 1. The van der Waals surface area contributed by atoms with E-state index in [2.05, 4.69) is 51.9 Å². The van der Waals surface area contributed by atoms with Crippen LogP contribution in [0, 0.1) is 0 Å². The number of nitrogens with one attached hydrogen (secondary N) is 2. The molecule has 130 valence electrons. The molecule has 2 aromatic rings. The largest absolute Gasteiger partial charge is 0.355 e. The maximum absolute atomic E-state index is 12.0. The number of rotatable bonds is 6. The third kappa shape index (κ3) is 5.48. The lowest BCUT2D eigenvalue weighted by Crippen LogP contribution is -2.46. The predicted molar refractivity (Wildman–Crippen MR) is 102 cm³/mol. The number of hydrogen-bond donors (Lipinski definition) is 2. The molecule has 0 aromatic heterocycles. The van der Waals surface area contributed by atoms with Crippen LogP contribution in [0.4, 0.5) is 0 Å². The molecule has 0 radical (unpaired) electrons. The van der Waals surface area contributed by atoms with E-state index in [4.69, 9.17) is 0 Å². The molecule has 3 rings (SSSR count). The highest BCUT2D eigenvalue weighted by Gasteiger charge is 2.09. The van der Waals surface area contributed by atoms with Gasteiger partial charge in [-0.05, 0) is 22.8 Å². The maximum Gasteiger partial charge on any atom is 0.220 e. The van der Waals surface area contributed by atoms with Gasteiger partial charge in [0.05, 0.1) is 0 Å². The van der Waals surface area contributed by atoms with Gasteiger partial charge in [0.2, 0.25) is 5.91 Å². The first-order valence-corrected chi connectivity index (χ1v) is 8.49. The van der Waals surface area contributed by atoms with Gasteiger partial charge in [0, 0.05) is 45.7 Å². The standard InChI is InChI=1S/C19H25N3O.ClH/c23-19(21-11-14-22-12-9-20-10-13-22)8-6-16-5-7-17-3-1-2-4-18(17)15-16;/h1-5,7,15,20H,6,8-14H2,(H,21,23);1H. The van der Waals surface area contributed by atoms with Crippen molar-refractivity contribution in [1.82, 2.24) is 15.5 Å². The number of piperazine rings is 1. The Kier molecular flexibility index (Phi) is 7.50. The Balaban J connectivity index is 0.00000208. The molecule has 0 saturated carbocycles. The van der Waals surface area contributed by atoms with Gasteiger partial charge in [0.25, 0.3) is 0 Å². The zero-order chi connectivity index (χ0) is 15.9. The van der Waals surface area contributed by atoms with Crippen molar-refractivity contribution in [2.45, 2.75) is 12.8 Å². The van der Waals surface area contributed by atoms with Crippen LogP contribution in [0.2, 0.25) is 0 Å². The van der Waals surface area contributed by atoms with E-state index in [1.807, 2.05) is 6.07 Å². The summed E-state index contributed by atoms with van der Waals surface area (Å²) < 4.78 is 0. The summed E-state index contributed by atoms with van der Waals surface area (Å²) in [6.07, 6.45) is 1.35. The van der Waals surface area contributed by atoms with E-state index in [1.165, 1.54) is 16.3 Å². The van der Waals surface area contributed by atoms with E-state index >= 15 is 0 Å². The predicted octanol–water partition coefficient (Wildman–Crippen LogP) is 2.22. The van der Waals surface area contributed by atoms with Crippen molar-refractivity contribution >= 4 is 29.1 Å². The summed E-state index contributed by atoms with van der Waals surface area (Å²) in [6, 6.07) is 14.8. The van der Waals surface area contributed by atoms with E-state index in [0.717, 1.165) is 45.7 Å². The molecule has 0 aliphatic carbocycles. The summed E-state index contributed by atoms with van der Waals surface area (Å²) in [5, 5.41) is 8.86. The lowest BCUT2D eigenvalue weighted by molar-refractivity contribution is -0.121. The monoisotopic (exact) mass is 347 g/mol. The summed E-state index contributed by atoms with van der Waals surface area (Å²) in [7, 11) is 0. The van der Waals surface area contributed by atoms with E-state index < -0.39 is 0 Å². The van der Waals surface area contributed by atoms with Crippen LogP contribution in [0.3, 0.4) is 0 Å². The van der Waals surface area contributed by atoms with Crippen LogP contribution in [0.15, 0.2) is 42.5 Å². The van der Waals surface area contributed by atoms with E-state index in [1.54, 1.807) is 0 Å². The van der Waals surface area contributed by atoms with Gasteiger partial charge >= 0.3 is 0 Å². The average Bonchev–Trinajstić information content (AvgIpc) is 2.61. The highest BCUT2D eigenvalue weighted by atomic mass is 35.5. The quantitative estimate of drug-likeness (QED) is 0.842. The second kappa shape index (κ2) is 9.62. The first kappa shape index (κ1) is 18.7. The summed E-state index contributed by atoms with van der Waals surface area (Å²) in [4.78, 5) is 14.4. The van der Waals surface area contributed by atoms with Crippen LogP contribution in [-0.2, 0) is 11.2 Å². The van der Waals surface area contributed by atoms with Crippen molar-refractivity contribution in [3.05, 3.63) is 48.0 Å². The normalized spacial score (nSPS) is 15.0. The van der Waals surface area contributed by atoms with Gasteiger partial charge in [-0.2, -0.15) is 0 Å². The van der Waals surface area contributed by atoms with Crippen LogP contribution in [0.5, 0.6) is 0 Å². The van der Waals surface area contributed by atoms with Crippen molar-refractivity contribution < 1.29 is 4.79 Å². The third-order valence-corrected chi connectivity index (χ3v) is 4.41. The Morgan fingerprint density at radius 2 is 1.83 bits per heavy atom. The molecule has 1 amide bonds. The number of benzene rings is 2. The van der Waals surface area contributed by atoms with Crippen LogP contribution >= 0.6 is 12.4 Å². The summed E-state index contributed by atoms with van der Waals surface area (Å²) in [6.45, 7) is 5.95. The lowest BCUT2D eigenvalue weighted by atomic mass is 10.0.